The topological polar surface area (TPSA) is 73.1 Å². The maximum absolute atomic E-state index is 13.0. The van der Waals surface area contributed by atoms with Gasteiger partial charge in [0.25, 0.3) is 5.91 Å². The molecular formula is C19H19N5O2. The van der Waals surface area contributed by atoms with E-state index in [0.29, 0.717) is 31.2 Å². The number of amides is 1. The maximum Gasteiger partial charge on any atom is 0.316 e. The van der Waals surface area contributed by atoms with E-state index >= 15 is 0 Å². The molecule has 1 aliphatic rings. The van der Waals surface area contributed by atoms with Gasteiger partial charge in [-0.05, 0) is 31.2 Å². The van der Waals surface area contributed by atoms with E-state index in [0.717, 1.165) is 11.3 Å². The predicted molar refractivity (Wildman–Crippen MR) is 94.6 cm³/mol. The molecule has 3 heterocycles. The van der Waals surface area contributed by atoms with Crippen LogP contribution in [0, 0.1) is 6.92 Å². The van der Waals surface area contributed by atoms with E-state index in [1.165, 1.54) is 0 Å². The van der Waals surface area contributed by atoms with Crippen molar-refractivity contribution in [2.24, 2.45) is 0 Å². The molecule has 1 aliphatic heterocycles. The first-order valence-electron chi connectivity index (χ1n) is 8.49. The molecule has 0 spiro atoms. The van der Waals surface area contributed by atoms with Crippen LogP contribution in [-0.4, -0.2) is 43.2 Å². The van der Waals surface area contributed by atoms with Crippen LogP contribution in [0.3, 0.4) is 0 Å². The third kappa shape index (κ3) is 3.42. The van der Waals surface area contributed by atoms with E-state index in [-0.39, 0.29) is 12.0 Å². The van der Waals surface area contributed by atoms with Gasteiger partial charge in [-0.3, -0.25) is 9.48 Å². The van der Waals surface area contributed by atoms with Gasteiger partial charge in [-0.2, -0.15) is 5.10 Å². The lowest BCUT2D eigenvalue weighted by atomic mass is 10.1. The molecule has 0 N–H and O–H groups in total. The average molecular weight is 349 g/mol. The summed E-state index contributed by atoms with van der Waals surface area (Å²) >= 11 is 0. The second-order valence-electron chi connectivity index (χ2n) is 6.33. The number of carbonyl (C=O) groups is 1. The summed E-state index contributed by atoms with van der Waals surface area (Å²) in [5.41, 5.74) is 2.77. The summed E-state index contributed by atoms with van der Waals surface area (Å²) in [5, 5.41) is 4.34. The highest BCUT2D eigenvalue weighted by Crippen LogP contribution is 2.18. The minimum absolute atomic E-state index is 0.0257. The number of hydrogen-bond donors (Lipinski definition) is 0. The van der Waals surface area contributed by atoms with Crippen molar-refractivity contribution < 1.29 is 9.53 Å². The van der Waals surface area contributed by atoms with E-state index < -0.39 is 0 Å². The number of fused-ring (bicyclic) bond motifs is 1. The lowest BCUT2D eigenvalue weighted by Gasteiger charge is -2.24. The van der Waals surface area contributed by atoms with E-state index in [2.05, 4.69) is 15.1 Å². The molecule has 1 unspecified atom stereocenters. The fourth-order valence-electron chi connectivity index (χ4n) is 3.02. The molecule has 4 rings (SSSR count). The molecule has 1 amide bonds. The van der Waals surface area contributed by atoms with Crippen molar-refractivity contribution in [3.05, 3.63) is 71.8 Å². The quantitative estimate of drug-likeness (QED) is 0.724. The van der Waals surface area contributed by atoms with Gasteiger partial charge in [-0.15, -0.1) is 0 Å². The zero-order valence-corrected chi connectivity index (χ0v) is 14.4. The normalized spacial score (nSPS) is 16.7. The van der Waals surface area contributed by atoms with Crippen LogP contribution in [0.25, 0.3) is 0 Å². The van der Waals surface area contributed by atoms with E-state index in [9.17, 15) is 4.79 Å². The van der Waals surface area contributed by atoms with Gasteiger partial charge in [0.1, 0.15) is 6.10 Å². The molecule has 0 aliphatic carbocycles. The number of carbonyl (C=O) groups excluding carboxylic acids is 1. The van der Waals surface area contributed by atoms with Crippen molar-refractivity contribution in [2.45, 2.75) is 26.1 Å². The van der Waals surface area contributed by atoms with Crippen LogP contribution in [0.4, 0.5) is 0 Å². The number of benzene rings is 1. The molecule has 2 aromatic heterocycles. The number of aryl methyl sites for hydroxylation is 1. The Balaban J connectivity index is 1.59. The zero-order valence-electron chi connectivity index (χ0n) is 14.4. The van der Waals surface area contributed by atoms with Crippen LogP contribution in [0.15, 0.2) is 55.0 Å². The Kier molecular flexibility index (Phi) is 4.35. The van der Waals surface area contributed by atoms with Crippen molar-refractivity contribution >= 4 is 5.91 Å². The van der Waals surface area contributed by atoms with E-state index in [4.69, 9.17) is 4.74 Å². The minimum atomic E-state index is -0.284. The summed E-state index contributed by atoms with van der Waals surface area (Å²) in [5.74, 6) is -0.0257. The molecule has 0 saturated carbocycles. The first-order valence-corrected chi connectivity index (χ1v) is 8.49. The highest BCUT2D eigenvalue weighted by Gasteiger charge is 2.27. The molecule has 0 fully saturated rings. The van der Waals surface area contributed by atoms with Gasteiger partial charge in [0, 0.05) is 24.2 Å². The van der Waals surface area contributed by atoms with Crippen molar-refractivity contribution in [3.63, 3.8) is 0 Å². The van der Waals surface area contributed by atoms with Gasteiger partial charge in [-0.1, -0.05) is 17.7 Å². The summed E-state index contributed by atoms with van der Waals surface area (Å²) in [7, 11) is 0. The third-order valence-electron chi connectivity index (χ3n) is 4.36. The van der Waals surface area contributed by atoms with Crippen LogP contribution >= 0.6 is 0 Å². The summed E-state index contributed by atoms with van der Waals surface area (Å²) < 4.78 is 7.79. The number of aromatic nitrogens is 4. The minimum Gasteiger partial charge on any atom is -0.456 e. The average Bonchev–Trinajstić information content (AvgIpc) is 3.01. The first-order chi connectivity index (χ1) is 12.7. The summed E-state index contributed by atoms with van der Waals surface area (Å²) in [6, 6.07) is 11.6. The fourth-order valence-corrected chi connectivity index (χ4v) is 3.02. The van der Waals surface area contributed by atoms with Crippen LogP contribution in [0.5, 0.6) is 6.01 Å². The first kappa shape index (κ1) is 16.3. The molecule has 132 valence electrons. The smallest absolute Gasteiger partial charge is 0.316 e. The fraction of sp³-hybridized carbons (Fsp3) is 0.263. The number of nitrogens with zero attached hydrogens (tertiary/aromatic N) is 5. The Morgan fingerprint density at radius 1 is 1.08 bits per heavy atom. The van der Waals surface area contributed by atoms with Gasteiger partial charge in [0.15, 0.2) is 0 Å². The molecule has 0 bridgehead atoms. The Morgan fingerprint density at radius 3 is 2.62 bits per heavy atom. The monoisotopic (exact) mass is 349 g/mol. The van der Waals surface area contributed by atoms with E-state index in [1.54, 1.807) is 29.6 Å². The van der Waals surface area contributed by atoms with Crippen molar-refractivity contribution in [1.29, 1.82) is 0 Å². The van der Waals surface area contributed by atoms with Crippen molar-refractivity contribution in [1.82, 2.24) is 24.6 Å². The van der Waals surface area contributed by atoms with Gasteiger partial charge in [0.2, 0.25) is 0 Å². The Bertz CT molecular complexity index is 892. The number of rotatable bonds is 3. The number of ether oxygens (including phenoxy) is 1. The van der Waals surface area contributed by atoms with Crippen molar-refractivity contribution in [2.75, 3.05) is 6.54 Å². The standard InChI is InChI=1S/C19H19N5O2/c1-14-3-5-15(6-4-14)18(25)23-11-16-7-10-22-24(16)13-17(12-23)26-19-20-8-2-9-21-19/h2-10,17H,11-13H2,1H3. The Hall–Kier alpha value is -3.22. The highest BCUT2D eigenvalue weighted by atomic mass is 16.5. The van der Waals surface area contributed by atoms with Gasteiger partial charge >= 0.3 is 6.01 Å². The predicted octanol–water partition coefficient (Wildman–Crippen LogP) is 2.09. The Morgan fingerprint density at radius 2 is 1.85 bits per heavy atom. The molecule has 26 heavy (non-hydrogen) atoms. The second-order valence-corrected chi connectivity index (χ2v) is 6.33. The molecule has 7 nitrogen and oxygen atoms in total. The van der Waals surface area contributed by atoms with Crippen molar-refractivity contribution in [3.8, 4) is 6.01 Å². The second kappa shape index (κ2) is 6.95. The van der Waals surface area contributed by atoms with Gasteiger partial charge in [0.05, 0.1) is 25.3 Å². The van der Waals surface area contributed by atoms with Gasteiger partial charge < -0.3 is 9.64 Å². The lowest BCUT2D eigenvalue weighted by Crippen LogP contribution is -2.39. The largest absolute Gasteiger partial charge is 0.456 e. The lowest BCUT2D eigenvalue weighted by molar-refractivity contribution is 0.0637. The van der Waals surface area contributed by atoms with Crippen LogP contribution < -0.4 is 4.74 Å². The molecular weight excluding hydrogens is 330 g/mol. The molecule has 1 aromatic carbocycles. The van der Waals surface area contributed by atoms with Crippen LogP contribution in [-0.2, 0) is 13.1 Å². The highest BCUT2D eigenvalue weighted by molar-refractivity contribution is 5.94. The Labute approximate surface area is 151 Å². The van der Waals surface area contributed by atoms with Crippen LogP contribution in [0.1, 0.15) is 21.6 Å². The summed E-state index contributed by atoms with van der Waals surface area (Å²) in [6.07, 6.45) is 4.72. The molecule has 0 radical (unpaired) electrons. The molecule has 1 atom stereocenters. The molecule has 7 heteroatoms. The molecule has 0 saturated heterocycles. The summed E-state index contributed by atoms with van der Waals surface area (Å²) in [4.78, 5) is 23.0. The van der Waals surface area contributed by atoms with E-state index in [1.807, 2.05) is 41.9 Å². The zero-order chi connectivity index (χ0) is 17.9. The number of hydrogen-bond acceptors (Lipinski definition) is 5. The van der Waals surface area contributed by atoms with Crippen LogP contribution in [0.2, 0.25) is 0 Å². The van der Waals surface area contributed by atoms with Gasteiger partial charge in [-0.25, -0.2) is 9.97 Å². The molecule has 3 aromatic rings. The maximum atomic E-state index is 13.0. The SMILES string of the molecule is Cc1ccc(C(=O)N2Cc3ccnn3CC(Oc3ncccn3)C2)cc1. The third-order valence-corrected chi connectivity index (χ3v) is 4.36. The summed E-state index contributed by atoms with van der Waals surface area (Å²) in [6.45, 7) is 3.47.